The Labute approximate surface area is 197 Å². The Kier molecular flexibility index (Phi) is 7.41. The first-order chi connectivity index (χ1) is 14.5. The molecule has 7 heteroatoms. The fourth-order valence-electron chi connectivity index (χ4n) is 5.51. The van der Waals surface area contributed by atoms with Crippen LogP contribution in [0.2, 0.25) is 0 Å². The summed E-state index contributed by atoms with van der Waals surface area (Å²) in [5.74, 6) is 0.00495. The van der Waals surface area contributed by atoms with Gasteiger partial charge in [-0.25, -0.2) is 13.7 Å². The lowest BCUT2D eigenvalue weighted by atomic mass is 9.58. The van der Waals surface area contributed by atoms with Gasteiger partial charge in [0, 0.05) is 17.0 Å². The van der Waals surface area contributed by atoms with Crippen LogP contribution < -0.4 is 4.72 Å². The summed E-state index contributed by atoms with van der Waals surface area (Å²) in [6.07, 6.45) is 4.41. The van der Waals surface area contributed by atoms with E-state index in [0.717, 1.165) is 47.7 Å². The molecule has 5 atom stereocenters. The third-order valence-electron chi connectivity index (χ3n) is 7.10. The Morgan fingerprint density at radius 1 is 1.32 bits per heavy atom. The number of carbonyl (C=O) groups is 1. The number of carbonyl (C=O) groups excluding carboxylic acids is 1. The summed E-state index contributed by atoms with van der Waals surface area (Å²) < 4.78 is 28.7. The van der Waals surface area contributed by atoms with Crippen LogP contribution >= 0.6 is 15.9 Å². The average Bonchev–Trinajstić information content (AvgIpc) is 2.96. The number of rotatable bonds is 6. The van der Waals surface area contributed by atoms with Gasteiger partial charge in [0.25, 0.3) is 0 Å². The maximum Gasteiger partial charge on any atom is 0.332 e. The normalized spacial score (nSPS) is 31.5. The minimum atomic E-state index is -1.45. The van der Waals surface area contributed by atoms with Gasteiger partial charge in [0.2, 0.25) is 0 Å². The molecule has 5 nitrogen and oxygen atoms in total. The van der Waals surface area contributed by atoms with Gasteiger partial charge in [-0.2, -0.15) is 0 Å². The minimum Gasteiger partial charge on any atom is -0.464 e. The number of esters is 1. The summed E-state index contributed by atoms with van der Waals surface area (Å²) in [5.41, 5.74) is 0.440. The monoisotopic (exact) mass is 513 g/mol. The molecule has 2 aliphatic carbocycles. The SMILES string of the molecule is CCOC(=O)C1(NS(=O)C(C)(C)C)c2cc(Br)ccc2CC12CCC(OC)C(CC)C2. The van der Waals surface area contributed by atoms with Crippen molar-refractivity contribution in [3.63, 3.8) is 0 Å². The minimum absolute atomic E-state index is 0.180. The van der Waals surface area contributed by atoms with Crippen LogP contribution in [-0.4, -0.2) is 34.7 Å². The lowest BCUT2D eigenvalue weighted by Crippen LogP contribution is -2.63. The standard InChI is InChI=1S/C24H36BrNO4S/c1-7-16-14-23(12-11-20(16)29-6)15-17-9-10-18(25)13-19(17)24(23,21(27)30-8-2)26-31(28)22(3,4)5/h9-10,13,16,20,26H,7-8,11-12,14-15H2,1-6H3. The second kappa shape index (κ2) is 9.24. The van der Waals surface area contributed by atoms with E-state index in [0.29, 0.717) is 5.92 Å². The molecule has 0 aromatic heterocycles. The Morgan fingerprint density at radius 2 is 2.03 bits per heavy atom. The highest BCUT2D eigenvalue weighted by Gasteiger charge is 2.65. The lowest BCUT2D eigenvalue weighted by molar-refractivity contribution is -0.161. The number of methoxy groups -OCH3 is 1. The quantitative estimate of drug-likeness (QED) is 0.541. The molecular formula is C24H36BrNO4S. The molecule has 1 saturated carbocycles. The highest BCUT2D eigenvalue weighted by molar-refractivity contribution is 9.10. The molecule has 2 aliphatic rings. The highest BCUT2D eigenvalue weighted by Crippen LogP contribution is 2.60. The molecule has 174 valence electrons. The van der Waals surface area contributed by atoms with E-state index < -0.39 is 26.7 Å². The molecule has 1 fully saturated rings. The van der Waals surface area contributed by atoms with E-state index in [9.17, 15) is 9.00 Å². The second-order valence-corrected chi connectivity index (χ2v) is 12.8. The van der Waals surface area contributed by atoms with E-state index in [-0.39, 0.29) is 18.7 Å². The largest absolute Gasteiger partial charge is 0.464 e. The van der Waals surface area contributed by atoms with Gasteiger partial charge in [-0.3, -0.25) is 0 Å². The molecule has 0 amide bonds. The first kappa shape index (κ1) is 24.9. The number of halogens is 1. The van der Waals surface area contributed by atoms with Crippen molar-refractivity contribution in [2.75, 3.05) is 13.7 Å². The van der Waals surface area contributed by atoms with Crippen molar-refractivity contribution < 1.29 is 18.5 Å². The van der Waals surface area contributed by atoms with Gasteiger partial charge < -0.3 is 9.47 Å². The summed E-state index contributed by atoms with van der Waals surface area (Å²) >= 11 is 3.59. The first-order valence-corrected chi connectivity index (χ1v) is 13.2. The molecule has 0 heterocycles. The lowest BCUT2D eigenvalue weighted by Gasteiger charge is -2.51. The van der Waals surface area contributed by atoms with Gasteiger partial charge in [-0.15, -0.1) is 0 Å². The number of benzene rings is 1. The summed E-state index contributed by atoms with van der Waals surface area (Å²) in [5, 5.41) is 0. The number of fused-ring (bicyclic) bond motifs is 1. The summed E-state index contributed by atoms with van der Waals surface area (Å²) in [6, 6.07) is 6.12. The van der Waals surface area contributed by atoms with E-state index in [1.807, 2.05) is 39.8 Å². The third-order valence-corrected chi connectivity index (χ3v) is 9.19. The van der Waals surface area contributed by atoms with Crippen LogP contribution in [0.25, 0.3) is 0 Å². The van der Waals surface area contributed by atoms with Gasteiger partial charge in [-0.1, -0.05) is 35.3 Å². The molecule has 0 radical (unpaired) electrons. The van der Waals surface area contributed by atoms with Crippen molar-refractivity contribution in [1.82, 2.24) is 4.72 Å². The predicted octanol–water partition coefficient (Wildman–Crippen LogP) is 5.03. The van der Waals surface area contributed by atoms with E-state index in [1.54, 1.807) is 7.11 Å². The Morgan fingerprint density at radius 3 is 2.61 bits per heavy atom. The van der Waals surface area contributed by atoms with Crippen LogP contribution in [-0.2, 0) is 37.2 Å². The van der Waals surface area contributed by atoms with Crippen LogP contribution in [0, 0.1) is 11.3 Å². The Bertz CT molecular complexity index is 854. The van der Waals surface area contributed by atoms with Gasteiger partial charge >= 0.3 is 5.97 Å². The summed E-state index contributed by atoms with van der Waals surface area (Å²) in [7, 11) is 0.322. The van der Waals surface area contributed by atoms with Crippen molar-refractivity contribution in [1.29, 1.82) is 0 Å². The van der Waals surface area contributed by atoms with Crippen LogP contribution in [0.15, 0.2) is 22.7 Å². The zero-order chi connectivity index (χ0) is 23.0. The second-order valence-electron chi connectivity index (χ2n) is 9.90. The Balaban J connectivity index is 2.23. The molecule has 1 spiro atoms. The van der Waals surface area contributed by atoms with Gasteiger partial charge in [0.1, 0.15) is 0 Å². The topological polar surface area (TPSA) is 64.6 Å². The fourth-order valence-corrected chi connectivity index (χ4v) is 6.86. The molecule has 5 unspecified atom stereocenters. The molecule has 1 aromatic carbocycles. The number of hydrogen-bond donors (Lipinski definition) is 1. The van der Waals surface area contributed by atoms with Crippen LogP contribution in [0.1, 0.15) is 71.4 Å². The number of ether oxygens (including phenoxy) is 2. The van der Waals surface area contributed by atoms with Crippen molar-refractivity contribution in [3.8, 4) is 0 Å². The van der Waals surface area contributed by atoms with Crippen molar-refractivity contribution in [2.45, 2.75) is 83.1 Å². The van der Waals surface area contributed by atoms with Gasteiger partial charge in [0.15, 0.2) is 5.54 Å². The van der Waals surface area contributed by atoms with Gasteiger partial charge in [0.05, 0.1) is 28.4 Å². The molecule has 3 rings (SSSR count). The molecule has 0 saturated heterocycles. The first-order valence-electron chi connectivity index (χ1n) is 11.2. The van der Waals surface area contributed by atoms with Crippen molar-refractivity contribution >= 4 is 32.9 Å². The van der Waals surface area contributed by atoms with Crippen molar-refractivity contribution in [3.05, 3.63) is 33.8 Å². The molecule has 31 heavy (non-hydrogen) atoms. The smallest absolute Gasteiger partial charge is 0.332 e. The van der Waals surface area contributed by atoms with Crippen LogP contribution in [0.3, 0.4) is 0 Å². The average molecular weight is 515 g/mol. The van der Waals surface area contributed by atoms with E-state index in [1.165, 1.54) is 0 Å². The van der Waals surface area contributed by atoms with E-state index in [4.69, 9.17) is 9.47 Å². The number of nitrogens with one attached hydrogen (secondary N) is 1. The van der Waals surface area contributed by atoms with E-state index >= 15 is 0 Å². The highest BCUT2D eigenvalue weighted by atomic mass is 79.9. The molecule has 0 bridgehead atoms. The zero-order valence-electron chi connectivity index (χ0n) is 19.5. The maximum atomic E-state index is 13.9. The zero-order valence-corrected chi connectivity index (χ0v) is 22.0. The van der Waals surface area contributed by atoms with Crippen molar-refractivity contribution in [2.24, 2.45) is 11.3 Å². The summed E-state index contributed by atoms with van der Waals surface area (Å²) in [6.45, 7) is 10.1. The molecular weight excluding hydrogens is 478 g/mol. The third kappa shape index (κ3) is 4.28. The number of hydrogen-bond acceptors (Lipinski definition) is 4. The van der Waals surface area contributed by atoms with Gasteiger partial charge in [-0.05, 0) is 82.6 Å². The predicted molar refractivity (Wildman–Crippen MR) is 128 cm³/mol. The van der Waals surface area contributed by atoms with Crippen LogP contribution in [0.4, 0.5) is 0 Å². The van der Waals surface area contributed by atoms with E-state index in [2.05, 4.69) is 33.6 Å². The van der Waals surface area contributed by atoms with Crippen LogP contribution in [0.5, 0.6) is 0 Å². The molecule has 0 aliphatic heterocycles. The fraction of sp³-hybridized carbons (Fsp3) is 0.708. The molecule has 1 N–H and O–H groups in total. The molecule has 1 aromatic rings. The summed E-state index contributed by atoms with van der Waals surface area (Å²) in [4.78, 5) is 13.9. The Hall–Kier alpha value is -0.760. The maximum absolute atomic E-state index is 13.9.